The number of nitro benzene ring substituents is 1. The molecule has 0 saturated heterocycles. The van der Waals surface area contributed by atoms with Crippen molar-refractivity contribution in [2.75, 3.05) is 11.9 Å². The van der Waals surface area contributed by atoms with Crippen LogP contribution < -0.4 is 5.32 Å². The predicted molar refractivity (Wildman–Crippen MR) is 81.1 cm³/mol. The first kappa shape index (κ1) is 14.3. The first-order valence-corrected chi connectivity index (χ1v) is 7.24. The van der Waals surface area contributed by atoms with Gasteiger partial charge in [-0.05, 0) is 25.1 Å². The van der Waals surface area contributed by atoms with E-state index in [4.69, 9.17) is 0 Å². The minimum absolute atomic E-state index is 0.139. The number of benzene rings is 1. The van der Waals surface area contributed by atoms with Gasteiger partial charge in [0.15, 0.2) is 0 Å². The van der Waals surface area contributed by atoms with Gasteiger partial charge in [-0.1, -0.05) is 12.1 Å². The van der Waals surface area contributed by atoms with Crippen LogP contribution in [0.25, 0.3) is 0 Å². The Hall–Kier alpha value is -2.08. The minimum atomic E-state index is -0.356. The van der Waals surface area contributed by atoms with Crippen molar-refractivity contribution in [3.05, 3.63) is 58.4 Å². The van der Waals surface area contributed by atoms with E-state index in [1.54, 1.807) is 24.4 Å². The van der Waals surface area contributed by atoms with Gasteiger partial charge in [0, 0.05) is 30.2 Å². The summed E-state index contributed by atoms with van der Waals surface area (Å²) < 4.78 is 0. The zero-order chi connectivity index (χ0) is 14.4. The van der Waals surface area contributed by atoms with Gasteiger partial charge in [-0.3, -0.25) is 15.1 Å². The van der Waals surface area contributed by atoms with Crippen molar-refractivity contribution in [2.24, 2.45) is 0 Å². The maximum absolute atomic E-state index is 10.9. The Morgan fingerprint density at radius 2 is 2.15 bits per heavy atom. The van der Waals surface area contributed by atoms with Crippen LogP contribution in [0.1, 0.15) is 12.6 Å². The Morgan fingerprint density at radius 1 is 1.35 bits per heavy atom. The third kappa shape index (κ3) is 3.71. The Morgan fingerprint density at radius 3 is 2.90 bits per heavy atom. The van der Waals surface area contributed by atoms with Crippen LogP contribution in [0.2, 0.25) is 0 Å². The number of pyridine rings is 1. The fraction of sp³-hybridized carbons (Fsp3) is 0.214. The van der Waals surface area contributed by atoms with Crippen molar-refractivity contribution in [2.45, 2.75) is 17.6 Å². The summed E-state index contributed by atoms with van der Waals surface area (Å²) in [6.45, 7) is 2.88. The average Bonchev–Trinajstić information content (AvgIpc) is 2.46. The molecule has 0 amide bonds. The highest BCUT2D eigenvalue weighted by molar-refractivity contribution is 7.98. The summed E-state index contributed by atoms with van der Waals surface area (Å²) in [7, 11) is 0. The van der Waals surface area contributed by atoms with E-state index >= 15 is 0 Å². The lowest BCUT2D eigenvalue weighted by Gasteiger charge is -2.06. The quantitative estimate of drug-likeness (QED) is 0.499. The molecule has 1 aromatic carbocycles. The molecule has 104 valence electrons. The molecule has 0 radical (unpaired) electrons. The number of para-hydroxylation sites is 1. The third-order valence-electron chi connectivity index (χ3n) is 2.63. The van der Waals surface area contributed by atoms with Gasteiger partial charge in [0.2, 0.25) is 0 Å². The molecule has 0 aliphatic rings. The molecule has 0 saturated carbocycles. The molecule has 2 rings (SSSR count). The number of nitro groups is 1. The smallest absolute Gasteiger partial charge is 0.282 e. The minimum Gasteiger partial charge on any atom is -0.385 e. The van der Waals surface area contributed by atoms with Crippen molar-refractivity contribution in [1.82, 2.24) is 4.98 Å². The summed E-state index contributed by atoms with van der Waals surface area (Å²) in [5.74, 6) is 0.601. The van der Waals surface area contributed by atoms with Crippen LogP contribution in [0.4, 0.5) is 11.4 Å². The topological polar surface area (TPSA) is 68.1 Å². The molecule has 0 aliphatic heterocycles. The fourth-order valence-electron chi connectivity index (χ4n) is 1.75. The summed E-state index contributed by atoms with van der Waals surface area (Å²) in [6, 6.07) is 10.6. The molecular formula is C14H15N3O2S. The first-order valence-electron chi connectivity index (χ1n) is 6.25. The van der Waals surface area contributed by atoms with Gasteiger partial charge >= 0.3 is 0 Å². The van der Waals surface area contributed by atoms with Crippen LogP contribution in [0.5, 0.6) is 0 Å². The Labute approximate surface area is 121 Å². The van der Waals surface area contributed by atoms with Gasteiger partial charge < -0.3 is 5.32 Å². The molecule has 1 aromatic heterocycles. The van der Waals surface area contributed by atoms with E-state index in [2.05, 4.69) is 10.3 Å². The van der Waals surface area contributed by atoms with Crippen LogP contribution in [0, 0.1) is 10.1 Å². The Balaban J connectivity index is 2.09. The molecular weight excluding hydrogens is 274 g/mol. The van der Waals surface area contributed by atoms with Crippen LogP contribution >= 0.6 is 11.8 Å². The molecule has 1 N–H and O–H groups in total. The van der Waals surface area contributed by atoms with E-state index in [-0.39, 0.29) is 10.6 Å². The molecule has 0 bridgehead atoms. The van der Waals surface area contributed by atoms with Crippen molar-refractivity contribution >= 4 is 23.1 Å². The Bertz CT molecular complexity index is 604. The average molecular weight is 289 g/mol. The highest BCUT2D eigenvalue weighted by Gasteiger charge is 2.12. The zero-order valence-electron chi connectivity index (χ0n) is 11.1. The molecule has 20 heavy (non-hydrogen) atoms. The molecule has 6 heteroatoms. The highest BCUT2D eigenvalue weighted by atomic mass is 32.2. The van der Waals surface area contributed by atoms with Crippen molar-refractivity contribution in [3.8, 4) is 0 Å². The first-order chi connectivity index (χ1) is 9.70. The fourth-order valence-corrected chi connectivity index (χ4v) is 2.68. The normalized spacial score (nSPS) is 10.2. The summed E-state index contributed by atoms with van der Waals surface area (Å²) in [6.07, 6.45) is 1.74. The maximum atomic E-state index is 10.9. The SMILES string of the molecule is CCNc1ccnc(CSc2ccccc2[N+](=O)[O-])c1. The molecule has 0 atom stereocenters. The van der Waals surface area contributed by atoms with Crippen LogP contribution in [0.3, 0.4) is 0 Å². The number of nitrogens with zero attached hydrogens (tertiary/aromatic N) is 2. The molecule has 1 heterocycles. The van der Waals surface area contributed by atoms with Gasteiger partial charge in [-0.2, -0.15) is 0 Å². The highest BCUT2D eigenvalue weighted by Crippen LogP contribution is 2.30. The standard InChI is InChI=1S/C14H15N3O2S/c1-2-15-11-7-8-16-12(9-11)10-20-14-6-4-3-5-13(14)17(18)19/h3-9H,2,10H2,1H3,(H,15,16). The number of nitrogens with one attached hydrogen (secondary N) is 1. The van der Waals surface area contributed by atoms with Gasteiger partial charge in [-0.25, -0.2) is 0 Å². The number of aromatic nitrogens is 1. The summed E-state index contributed by atoms with van der Waals surface area (Å²) in [4.78, 5) is 15.5. The van der Waals surface area contributed by atoms with E-state index in [0.717, 1.165) is 17.9 Å². The molecule has 0 fully saturated rings. The lowest BCUT2D eigenvalue weighted by molar-refractivity contribution is -0.387. The molecule has 0 aliphatic carbocycles. The number of hydrogen-bond donors (Lipinski definition) is 1. The summed E-state index contributed by atoms with van der Waals surface area (Å²) >= 11 is 1.42. The van der Waals surface area contributed by atoms with Crippen LogP contribution in [-0.2, 0) is 5.75 Å². The number of rotatable bonds is 6. The van der Waals surface area contributed by atoms with Crippen LogP contribution in [-0.4, -0.2) is 16.5 Å². The van der Waals surface area contributed by atoms with Gasteiger partial charge in [0.1, 0.15) is 0 Å². The van der Waals surface area contributed by atoms with E-state index in [1.807, 2.05) is 19.1 Å². The second-order valence-corrected chi connectivity index (χ2v) is 5.10. The van der Waals surface area contributed by atoms with E-state index < -0.39 is 0 Å². The number of hydrogen-bond acceptors (Lipinski definition) is 5. The summed E-state index contributed by atoms with van der Waals surface area (Å²) in [5.41, 5.74) is 2.05. The number of thioether (sulfide) groups is 1. The predicted octanol–water partition coefficient (Wildman–Crippen LogP) is 3.71. The lowest BCUT2D eigenvalue weighted by atomic mass is 10.3. The Kier molecular flexibility index (Phi) is 4.95. The van der Waals surface area contributed by atoms with Gasteiger partial charge in [0.05, 0.1) is 15.5 Å². The second-order valence-electron chi connectivity index (χ2n) is 4.08. The molecule has 0 spiro atoms. The monoisotopic (exact) mass is 289 g/mol. The largest absolute Gasteiger partial charge is 0.385 e. The molecule has 0 unspecified atom stereocenters. The van der Waals surface area contributed by atoms with Crippen molar-refractivity contribution in [3.63, 3.8) is 0 Å². The summed E-state index contributed by atoms with van der Waals surface area (Å²) in [5, 5.41) is 14.2. The molecule has 2 aromatic rings. The van der Waals surface area contributed by atoms with E-state index in [0.29, 0.717) is 10.6 Å². The second kappa shape index (κ2) is 6.91. The molecule has 5 nitrogen and oxygen atoms in total. The maximum Gasteiger partial charge on any atom is 0.282 e. The lowest BCUT2D eigenvalue weighted by Crippen LogP contribution is -1.98. The van der Waals surface area contributed by atoms with Gasteiger partial charge in [-0.15, -0.1) is 11.8 Å². The third-order valence-corrected chi connectivity index (χ3v) is 3.73. The zero-order valence-corrected chi connectivity index (χ0v) is 11.9. The van der Waals surface area contributed by atoms with E-state index in [9.17, 15) is 10.1 Å². The number of anilines is 1. The van der Waals surface area contributed by atoms with Crippen molar-refractivity contribution < 1.29 is 4.92 Å². The van der Waals surface area contributed by atoms with Crippen LogP contribution in [0.15, 0.2) is 47.5 Å². The van der Waals surface area contributed by atoms with Crippen molar-refractivity contribution in [1.29, 1.82) is 0 Å². The van der Waals surface area contributed by atoms with Gasteiger partial charge in [0.25, 0.3) is 5.69 Å². The van der Waals surface area contributed by atoms with E-state index in [1.165, 1.54) is 17.8 Å².